The maximum absolute atomic E-state index is 12.4. The summed E-state index contributed by atoms with van der Waals surface area (Å²) in [6.45, 7) is 2.50. The van der Waals surface area contributed by atoms with Gasteiger partial charge < -0.3 is 34.3 Å². The van der Waals surface area contributed by atoms with E-state index in [1.807, 2.05) is 79.9 Å². The monoisotopic (exact) mass is 557 g/mol. The second-order valence-corrected chi connectivity index (χ2v) is 9.48. The van der Waals surface area contributed by atoms with Crippen molar-refractivity contribution in [1.82, 2.24) is 14.9 Å². The molecule has 0 spiro atoms. The number of amides is 1. The van der Waals surface area contributed by atoms with Crippen molar-refractivity contribution in [3.05, 3.63) is 96.6 Å². The Morgan fingerprint density at radius 1 is 1.05 bits per heavy atom. The van der Waals surface area contributed by atoms with Crippen LogP contribution in [0.25, 0.3) is 5.69 Å². The highest BCUT2D eigenvalue weighted by Crippen LogP contribution is 2.43. The minimum atomic E-state index is -0.285. The molecule has 9 nitrogen and oxygen atoms in total. The zero-order valence-electron chi connectivity index (χ0n) is 22.5. The van der Waals surface area contributed by atoms with Crippen LogP contribution in [0.4, 0.5) is 11.4 Å². The van der Waals surface area contributed by atoms with Crippen LogP contribution < -0.4 is 25.0 Å². The van der Waals surface area contributed by atoms with Gasteiger partial charge >= 0.3 is 0 Å². The molecule has 2 N–H and O–H groups in total. The Balaban J connectivity index is 1.60. The van der Waals surface area contributed by atoms with Crippen LogP contribution in [0.1, 0.15) is 30.4 Å². The highest BCUT2D eigenvalue weighted by Gasteiger charge is 2.42. The van der Waals surface area contributed by atoms with Gasteiger partial charge in [0.2, 0.25) is 5.91 Å². The third-order valence-electron chi connectivity index (χ3n) is 6.62. The van der Waals surface area contributed by atoms with E-state index in [4.69, 9.17) is 26.4 Å². The summed E-state index contributed by atoms with van der Waals surface area (Å²) >= 11 is 5.91. The number of carbonyl (C=O) groups is 1. The maximum Gasteiger partial charge on any atom is 0.250 e. The molecule has 40 heavy (non-hydrogen) atoms. The predicted molar refractivity (Wildman–Crippen MR) is 158 cm³/mol. The first-order valence-electron chi connectivity index (χ1n) is 12.9. The number of methoxy groups -OCH3 is 2. The summed E-state index contributed by atoms with van der Waals surface area (Å²) in [5.41, 5.74) is 4.16. The van der Waals surface area contributed by atoms with Gasteiger partial charge in [-0.25, -0.2) is 0 Å². The van der Waals surface area contributed by atoms with E-state index in [9.17, 15) is 4.79 Å². The first-order valence-corrected chi connectivity index (χ1v) is 13.3. The van der Waals surface area contributed by atoms with Gasteiger partial charge in [0.1, 0.15) is 24.1 Å². The normalized spacial score (nSPS) is 16.5. The van der Waals surface area contributed by atoms with Gasteiger partial charge in [0.15, 0.2) is 5.11 Å². The second-order valence-electron chi connectivity index (χ2n) is 9.09. The van der Waals surface area contributed by atoms with Crippen LogP contribution in [0.15, 0.2) is 85.2 Å². The second kappa shape index (κ2) is 12.2. The van der Waals surface area contributed by atoms with Gasteiger partial charge in [0.05, 0.1) is 31.1 Å². The molecule has 2 aromatic carbocycles. The number of anilines is 2. The van der Waals surface area contributed by atoms with E-state index >= 15 is 0 Å². The summed E-state index contributed by atoms with van der Waals surface area (Å²) in [5, 5.41) is 6.91. The molecule has 2 aromatic heterocycles. The Kier molecular flexibility index (Phi) is 8.28. The van der Waals surface area contributed by atoms with Gasteiger partial charge in [-0.2, -0.15) is 0 Å². The first kappa shape index (κ1) is 27.2. The molecule has 0 radical (unpaired) electrons. The Bertz CT molecular complexity index is 1480. The van der Waals surface area contributed by atoms with Crippen molar-refractivity contribution in [2.24, 2.45) is 0 Å². The van der Waals surface area contributed by atoms with Gasteiger partial charge in [-0.1, -0.05) is 6.07 Å². The Labute approximate surface area is 238 Å². The van der Waals surface area contributed by atoms with E-state index in [1.165, 1.54) is 7.11 Å². The van der Waals surface area contributed by atoms with Crippen molar-refractivity contribution in [2.45, 2.75) is 19.0 Å². The van der Waals surface area contributed by atoms with Crippen molar-refractivity contribution in [2.75, 3.05) is 37.7 Å². The highest BCUT2D eigenvalue weighted by atomic mass is 32.1. The average molecular weight is 558 g/mol. The zero-order valence-corrected chi connectivity index (χ0v) is 23.4. The quantitative estimate of drug-likeness (QED) is 0.262. The number of nitrogens with zero attached hydrogens (tertiary/aromatic N) is 3. The minimum Gasteiger partial charge on any atom is -0.495 e. The van der Waals surface area contributed by atoms with Crippen LogP contribution in [-0.4, -0.2) is 48.0 Å². The number of ether oxygens (including phenoxy) is 3. The summed E-state index contributed by atoms with van der Waals surface area (Å²) in [7, 11) is 3.04. The Morgan fingerprint density at radius 2 is 1.85 bits per heavy atom. The molecule has 1 aliphatic heterocycles. The van der Waals surface area contributed by atoms with Crippen molar-refractivity contribution in [3.63, 3.8) is 0 Å². The number of rotatable bonds is 10. The van der Waals surface area contributed by atoms with E-state index in [1.54, 1.807) is 13.3 Å². The van der Waals surface area contributed by atoms with Crippen molar-refractivity contribution < 1.29 is 19.0 Å². The number of thiocarbonyl (C=S) groups is 1. The van der Waals surface area contributed by atoms with Crippen molar-refractivity contribution in [1.29, 1.82) is 0 Å². The molecular formula is C30H31N5O4S. The molecule has 1 amide bonds. The molecule has 1 fully saturated rings. The molecule has 10 heteroatoms. The molecular weight excluding hydrogens is 526 g/mol. The molecule has 4 aromatic rings. The van der Waals surface area contributed by atoms with Crippen LogP contribution in [0, 0.1) is 0 Å². The van der Waals surface area contributed by atoms with E-state index in [0.29, 0.717) is 23.2 Å². The fourth-order valence-electron chi connectivity index (χ4n) is 4.93. The number of aromatic nitrogens is 2. The Hall–Kier alpha value is -4.41. The van der Waals surface area contributed by atoms with Gasteiger partial charge in [-0.15, -0.1) is 0 Å². The van der Waals surface area contributed by atoms with E-state index in [-0.39, 0.29) is 24.6 Å². The average Bonchev–Trinajstić information content (AvgIpc) is 3.58. The SMILES string of the molecule is CCOc1ccc(-n2cccc2[C@@H]2[C@@H](c3ccccn3)NC(=S)N2c2ccc(OC)c(NC(=O)COC)c2)cc1. The molecule has 0 aliphatic carbocycles. The maximum atomic E-state index is 12.4. The summed E-state index contributed by atoms with van der Waals surface area (Å²) in [6, 6.07) is 23.1. The van der Waals surface area contributed by atoms with Gasteiger partial charge in [0.25, 0.3) is 0 Å². The van der Waals surface area contributed by atoms with Gasteiger partial charge in [-0.3, -0.25) is 9.78 Å². The fraction of sp³-hybridized carbons (Fsp3) is 0.233. The lowest BCUT2D eigenvalue weighted by Gasteiger charge is -2.29. The first-order chi connectivity index (χ1) is 19.5. The lowest BCUT2D eigenvalue weighted by molar-refractivity contribution is -0.119. The molecule has 0 saturated carbocycles. The molecule has 1 saturated heterocycles. The molecule has 0 unspecified atom stereocenters. The summed E-state index contributed by atoms with van der Waals surface area (Å²) in [5.74, 6) is 1.06. The van der Waals surface area contributed by atoms with Crippen LogP contribution in [-0.2, 0) is 9.53 Å². The number of hydrogen-bond acceptors (Lipinski definition) is 6. The van der Waals surface area contributed by atoms with Crippen molar-refractivity contribution in [3.8, 4) is 17.2 Å². The number of hydrogen-bond donors (Lipinski definition) is 2. The van der Waals surface area contributed by atoms with Crippen LogP contribution in [0.2, 0.25) is 0 Å². The lowest BCUT2D eigenvalue weighted by atomic mass is 10.0. The van der Waals surface area contributed by atoms with Crippen molar-refractivity contribution >= 4 is 34.6 Å². The van der Waals surface area contributed by atoms with E-state index in [2.05, 4.69) is 31.2 Å². The smallest absolute Gasteiger partial charge is 0.250 e. The zero-order chi connectivity index (χ0) is 28.1. The molecule has 1 aliphatic rings. The molecule has 2 atom stereocenters. The number of benzene rings is 2. The summed E-state index contributed by atoms with van der Waals surface area (Å²) in [6.07, 6.45) is 3.81. The predicted octanol–water partition coefficient (Wildman–Crippen LogP) is 5.04. The molecule has 3 heterocycles. The number of carbonyl (C=O) groups excluding carboxylic acids is 1. The molecule has 206 valence electrons. The molecule has 0 bridgehead atoms. The van der Waals surface area contributed by atoms with Gasteiger partial charge in [0, 0.05) is 36.6 Å². The third-order valence-corrected chi connectivity index (χ3v) is 6.93. The summed E-state index contributed by atoms with van der Waals surface area (Å²) < 4.78 is 18.3. The van der Waals surface area contributed by atoms with Crippen LogP contribution in [0.3, 0.4) is 0 Å². The van der Waals surface area contributed by atoms with Gasteiger partial charge in [-0.05, 0) is 85.9 Å². The minimum absolute atomic E-state index is 0.0724. The third kappa shape index (κ3) is 5.49. The summed E-state index contributed by atoms with van der Waals surface area (Å²) in [4.78, 5) is 19.1. The Morgan fingerprint density at radius 3 is 2.55 bits per heavy atom. The highest BCUT2D eigenvalue weighted by molar-refractivity contribution is 7.80. The topological polar surface area (TPSA) is 89.9 Å². The van der Waals surface area contributed by atoms with Crippen LogP contribution >= 0.6 is 12.2 Å². The number of nitrogens with one attached hydrogen (secondary N) is 2. The fourth-order valence-corrected chi connectivity index (χ4v) is 5.28. The molecule has 5 rings (SSSR count). The lowest BCUT2D eigenvalue weighted by Crippen LogP contribution is -2.30. The number of pyridine rings is 1. The van der Waals surface area contributed by atoms with E-state index < -0.39 is 0 Å². The largest absolute Gasteiger partial charge is 0.495 e. The standard InChI is InChI=1S/C30H31N5O4S/c1-4-39-22-13-10-20(11-14-22)34-17-7-9-25(34)29-28(23-8-5-6-16-31-23)33-30(40)35(29)21-12-15-26(38-3)24(18-21)32-27(36)19-37-2/h5-18,28-29H,4,19H2,1-3H3,(H,32,36)(H,33,40)/t28-,29-/m1/s1. The van der Waals surface area contributed by atoms with E-state index in [0.717, 1.165) is 28.5 Å². The van der Waals surface area contributed by atoms with Crippen LogP contribution in [0.5, 0.6) is 11.5 Å².